The molecule has 106 valence electrons. The molecule has 1 unspecified atom stereocenters. The molecule has 1 aliphatic carbocycles. The van der Waals surface area contributed by atoms with Crippen LogP contribution in [0.25, 0.3) is 5.57 Å². The average molecular weight is 274 g/mol. The predicted octanol–water partition coefficient (Wildman–Crippen LogP) is 2.54. The smallest absolute Gasteiger partial charge is 0.335 e. The van der Waals surface area contributed by atoms with Crippen molar-refractivity contribution in [2.45, 2.75) is 19.8 Å². The monoisotopic (exact) mass is 274 g/mol. The molecule has 0 fully saturated rings. The van der Waals surface area contributed by atoms with E-state index in [1.807, 2.05) is 38.1 Å². The van der Waals surface area contributed by atoms with Crippen molar-refractivity contribution in [2.75, 3.05) is 14.2 Å². The number of methoxy groups -OCH3 is 2. The Morgan fingerprint density at radius 3 is 2.30 bits per heavy atom. The maximum Gasteiger partial charge on any atom is 0.335 e. The van der Waals surface area contributed by atoms with Crippen LogP contribution in [0, 0.1) is 5.92 Å². The van der Waals surface area contributed by atoms with E-state index in [-0.39, 0.29) is 5.92 Å². The van der Waals surface area contributed by atoms with Crippen LogP contribution in [0.5, 0.6) is 0 Å². The summed E-state index contributed by atoms with van der Waals surface area (Å²) in [5, 5.41) is 0. The van der Waals surface area contributed by atoms with Gasteiger partial charge in [0.2, 0.25) is 0 Å². The van der Waals surface area contributed by atoms with Crippen molar-refractivity contribution < 1.29 is 19.1 Å². The van der Waals surface area contributed by atoms with Gasteiger partial charge in [0.1, 0.15) is 5.92 Å². The Kier molecular flexibility index (Phi) is 3.93. The van der Waals surface area contributed by atoms with Gasteiger partial charge in [-0.05, 0) is 22.6 Å². The van der Waals surface area contributed by atoms with Gasteiger partial charge in [-0.3, -0.25) is 4.79 Å². The number of fused-ring (bicyclic) bond motifs is 1. The third kappa shape index (κ3) is 2.11. The van der Waals surface area contributed by atoms with Gasteiger partial charge in [0.05, 0.1) is 19.8 Å². The molecule has 0 saturated heterocycles. The van der Waals surface area contributed by atoms with Gasteiger partial charge in [-0.2, -0.15) is 0 Å². The fourth-order valence-electron chi connectivity index (χ4n) is 2.77. The minimum atomic E-state index is -0.693. The van der Waals surface area contributed by atoms with Crippen LogP contribution in [0.3, 0.4) is 0 Å². The largest absolute Gasteiger partial charge is 0.468 e. The van der Waals surface area contributed by atoms with Crippen molar-refractivity contribution >= 4 is 17.5 Å². The molecule has 0 aromatic heterocycles. The number of rotatable bonds is 3. The van der Waals surface area contributed by atoms with E-state index in [9.17, 15) is 9.59 Å². The Labute approximate surface area is 118 Å². The highest BCUT2D eigenvalue weighted by atomic mass is 16.5. The lowest BCUT2D eigenvalue weighted by atomic mass is 9.94. The normalized spacial score (nSPS) is 17.1. The average Bonchev–Trinajstić information content (AvgIpc) is 2.80. The quantitative estimate of drug-likeness (QED) is 0.795. The lowest BCUT2D eigenvalue weighted by Crippen LogP contribution is -2.20. The number of hydrogen-bond acceptors (Lipinski definition) is 4. The second-order valence-corrected chi connectivity index (χ2v) is 5.02. The first-order valence-corrected chi connectivity index (χ1v) is 6.52. The van der Waals surface area contributed by atoms with Gasteiger partial charge in [-0.1, -0.05) is 38.1 Å². The molecule has 0 N–H and O–H groups in total. The zero-order valence-electron chi connectivity index (χ0n) is 12.1. The molecular weight excluding hydrogens is 256 g/mol. The van der Waals surface area contributed by atoms with Crippen LogP contribution in [-0.2, 0) is 19.1 Å². The Morgan fingerprint density at radius 1 is 1.10 bits per heavy atom. The van der Waals surface area contributed by atoms with Crippen LogP contribution >= 0.6 is 0 Å². The molecule has 0 spiro atoms. The van der Waals surface area contributed by atoms with Gasteiger partial charge in [0, 0.05) is 0 Å². The van der Waals surface area contributed by atoms with Crippen molar-refractivity contribution in [2.24, 2.45) is 5.92 Å². The molecule has 0 heterocycles. The van der Waals surface area contributed by atoms with Gasteiger partial charge in [0.15, 0.2) is 0 Å². The minimum absolute atomic E-state index is 0.111. The first-order valence-electron chi connectivity index (χ1n) is 6.52. The molecule has 0 aliphatic heterocycles. The van der Waals surface area contributed by atoms with E-state index < -0.39 is 17.9 Å². The summed E-state index contributed by atoms with van der Waals surface area (Å²) in [5.41, 5.74) is 3.00. The topological polar surface area (TPSA) is 52.6 Å². The summed E-state index contributed by atoms with van der Waals surface area (Å²) in [5.74, 6) is -1.49. The molecule has 1 aromatic carbocycles. The molecule has 0 saturated carbocycles. The second kappa shape index (κ2) is 5.49. The van der Waals surface area contributed by atoms with Crippen LogP contribution in [0.15, 0.2) is 29.8 Å². The fraction of sp³-hybridized carbons (Fsp3) is 0.375. The van der Waals surface area contributed by atoms with Gasteiger partial charge in [-0.25, -0.2) is 4.79 Å². The van der Waals surface area contributed by atoms with E-state index in [1.54, 1.807) is 0 Å². The maximum absolute atomic E-state index is 12.1. The summed E-state index contributed by atoms with van der Waals surface area (Å²) in [6.45, 7) is 3.99. The van der Waals surface area contributed by atoms with Crippen molar-refractivity contribution in [3.8, 4) is 0 Å². The zero-order valence-corrected chi connectivity index (χ0v) is 12.1. The number of carbonyl (C=O) groups is 2. The van der Waals surface area contributed by atoms with Crippen LogP contribution < -0.4 is 0 Å². The van der Waals surface area contributed by atoms with Crippen LogP contribution in [0.4, 0.5) is 0 Å². The Balaban J connectivity index is 2.71. The van der Waals surface area contributed by atoms with E-state index in [4.69, 9.17) is 9.47 Å². The van der Waals surface area contributed by atoms with Crippen molar-refractivity contribution in [1.82, 2.24) is 0 Å². The third-order valence-corrected chi connectivity index (χ3v) is 3.56. The first kappa shape index (κ1) is 14.3. The highest BCUT2D eigenvalue weighted by Crippen LogP contribution is 2.45. The minimum Gasteiger partial charge on any atom is -0.468 e. The van der Waals surface area contributed by atoms with E-state index in [0.717, 1.165) is 16.7 Å². The highest BCUT2D eigenvalue weighted by Gasteiger charge is 2.41. The SMILES string of the molecule is COC(=O)C1=C(C(C)C)c2ccccc2C1C(=O)OC. The highest BCUT2D eigenvalue weighted by molar-refractivity contribution is 6.09. The van der Waals surface area contributed by atoms with Crippen molar-refractivity contribution in [1.29, 1.82) is 0 Å². The summed E-state index contributed by atoms with van der Waals surface area (Å²) in [6.07, 6.45) is 0. The second-order valence-electron chi connectivity index (χ2n) is 5.02. The van der Waals surface area contributed by atoms with Crippen molar-refractivity contribution in [3.63, 3.8) is 0 Å². The number of ether oxygens (including phenoxy) is 2. The standard InChI is InChI=1S/C16H18O4/c1-9(2)12-10-7-5-6-8-11(10)13(15(17)19-3)14(12)16(18)20-4/h5-9,13H,1-4H3. The Morgan fingerprint density at radius 2 is 1.75 bits per heavy atom. The van der Waals surface area contributed by atoms with Gasteiger partial charge in [-0.15, -0.1) is 0 Å². The molecule has 20 heavy (non-hydrogen) atoms. The molecule has 0 bridgehead atoms. The molecule has 4 heteroatoms. The van der Waals surface area contributed by atoms with Crippen LogP contribution in [0.1, 0.15) is 30.9 Å². The lowest BCUT2D eigenvalue weighted by Gasteiger charge is -2.14. The van der Waals surface area contributed by atoms with E-state index in [2.05, 4.69) is 0 Å². The summed E-state index contributed by atoms with van der Waals surface area (Å²) >= 11 is 0. The van der Waals surface area contributed by atoms with Gasteiger partial charge in [0.25, 0.3) is 0 Å². The Bertz CT molecular complexity index is 584. The summed E-state index contributed by atoms with van der Waals surface area (Å²) < 4.78 is 9.73. The number of hydrogen-bond donors (Lipinski definition) is 0. The summed E-state index contributed by atoms with van der Waals surface area (Å²) in [6, 6.07) is 7.54. The molecule has 4 nitrogen and oxygen atoms in total. The lowest BCUT2D eigenvalue weighted by molar-refractivity contribution is -0.144. The Hall–Kier alpha value is -2.10. The molecule has 2 rings (SSSR count). The number of allylic oxidation sites excluding steroid dienone is 1. The number of benzene rings is 1. The van der Waals surface area contributed by atoms with Crippen LogP contribution in [0.2, 0.25) is 0 Å². The van der Waals surface area contributed by atoms with Gasteiger partial charge < -0.3 is 9.47 Å². The molecule has 0 radical (unpaired) electrons. The maximum atomic E-state index is 12.1. The molecule has 1 aromatic rings. The van der Waals surface area contributed by atoms with Gasteiger partial charge >= 0.3 is 11.9 Å². The van der Waals surface area contributed by atoms with E-state index >= 15 is 0 Å². The summed E-state index contributed by atoms with van der Waals surface area (Å²) in [7, 11) is 2.65. The van der Waals surface area contributed by atoms with Crippen LogP contribution in [-0.4, -0.2) is 26.2 Å². The summed E-state index contributed by atoms with van der Waals surface area (Å²) in [4.78, 5) is 24.3. The number of esters is 2. The molecule has 1 atom stereocenters. The zero-order chi connectivity index (χ0) is 14.9. The van der Waals surface area contributed by atoms with E-state index in [0.29, 0.717) is 5.57 Å². The predicted molar refractivity (Wildman–Crippen MR) is 75.0 cm³/mol. The molecular formula is C16H18O4. The third-order valence-electron chi connectivity index (χ3n) is 3.56. The van der Waals surface area contributed by atoms with E-state index in [1.165, 1.54) is 14.2 Å². The first-order chi connectivity index (χ1) is 9.52. The fourth-order valence-corrected chi connectivity index (χ4v) is 2.77. The molecule has 1 aliphatic rings. The molecule has 0 amide bonds. The number of carbonyl (C=O) groups excluding carboxylic acids is 2. The van der Waals surface area contributed by atoms with Crippen molar-refractivity contribution in [3.05, 3.63) is 41.0 Å².